The molecule has 1 fully saturated rings. The van der Waals surface area contributed by atoms with Crippen LogP contribution in [0.2, 0.25) is 0 Å². The zero-order valence-corrected chi connectivity index (χ0v) is 18.7. The van der Waals surface area contributed by atoms with Crippen LogP contribution in [0.1, 0.15) is 45.6 Å². The molecule has 0 radical (unpaired) electrons. The first kappa shape index (κ1) is 23.7. The van der Waals surface area contributed by atoms with E-state index in [0.29, 0.717) is 32.4 Å². The molecule has 1 saturated heterocycles. The van der Waals surface area contributed by atoms with Gasteiger partial charge >= 0.3 is 12.1 Å². The van der Waals surface area contributed by atoms with Crippen molar-refractivity contribution in [3.05, 3.63) is 35.9 Å². The van der Waals surface area contributed by atoms with E-state index in [-0.39, 0.29) is 30.4 Å². The Labute approximate surface area is 179 Å². The van der Waals surface area contributed by atoms with Gasteiger partial charge in [-0.25, -0.2) is 4.79 Å². The van der Waals surface area contributed by atoms with Crippen molar-refractivity contribution >= 4 is 18.0 Å². The highest BCUT2D eigenvalue weighted by Gasteiger charge is 2.32. The number of ether oxygens (including phenoxy) is 2. The Bertz CT molecular complexity index is 721. The van der Waals surface area contributed by atoms with E-state index < -0.39 is 11.5 Å². The average Bonchev–Trinajstić information content (AvgIpc) is 2.71. The zero-order valence-electron chi connectivity index (χ0n) is 18.7. The molecule has 1 aliphatic heterocycles. The number of hydrogen-bond acceptors (Lipinski definition) is 5. The molecule has 7 heteroatoms. The SMILES string of the molecule is COC(=O)[C@@H](CC(=O)N1CCC(N(C)C(=O)OC(C)(C)C)CC1)Cc1ccccc1. The molecular weight excluding hydrogens is 384 g/mol. The Kier molecular flexibility index (Phi) is 8.26. The largest absolute Gasteiger partial charge is 0.469 e. The number of benzene rings is 1. The molecule has 1 aromatic carbocycles. The van der Waals surface area contributed by atoms with Crippen LogP contribution in [0.3, 0.4) is 0 Å². The van der Waals surface area contributed by atoms with Gasteiger partial charge in [0.05, 0.1) is 13.0 Å². The fraction of sp³-hybridized carbons (Fsp3) is 0.609. The lowest BCUT2D eigenvalue weighted by Crippen LogP contribution is -2.48. The van der Waals surface area contributed by atoms with E-state index >= 15 is 0 Å². The molecule has 0 N–H and O–H groups in total. The summed E-state index contributed by atoms with van der Waals surface area (Å²) < 4.78 is 10.3. The number of likely N-dealkylation sites (tertiary alicyclic amines) is 1. The molecule has 0 unspecified atom stereocenters. The lowest BCUT2D eigenvalue weighted by atomic mass is 9.95. The van der Waals surface area contributed by atoms with Crippen molar-refractivity contribution in [2.75, 3.05) is 27.2 Å². The highest BCUT2D eigenvalue weighted by molar-refractivity contribution is 5.83. The van der Waals surface area contributed by atoms with Crippen LogP contribution in [0.25, 0.3) is 0 Å². The lowest BCUT2D eigenvalue weighted by molar-refractivity contribution is -0.149. The second kappa shape index (κ2) is 10.5. The highest BCUT2D eigenvalue weighted by atomic mass is 16.6. The average molecular weight is 419 g/mol. The fourth-order valence-corrected chi connectivity index (χ4v) is 3.63. The van der Waals surface area contributed by atoms with E-state index in [0.717, 1.165) is 5.56 Å². The molecule has 2 amide bonds. The molecular formula is C23H34N2O5. The minimum atomic E-state index is -0.538. The van der Waals surface area contributed by atoms with Gasteiger partial charge in [0.15, 0.2) is 0 Å². The Morgan fingerprint density at radius 3 is 2.27 bits per heavy atom. The van der Waals surface area contributed by atoms with E-state index in [1.165, 1.54) is 7.11 Å². The molecule has 0 aromatic heterocycles. The van der Waals surface area contributed by atoms with Crippen molar-refractivity contribution in [1.82, 2.24) is 9.80 Å². The molecule has 0 aliphatic carbocycles. The van der Waals surface area contributed by atoms with Crippen molar-refractivity contribution in [2.45, 2.75) is 58.1 Å². The quantitative estimate of drug-likeness (QED) is 0.663. The summed E-state index contributed by atoms with van der Waals surface area (Å²) >= 11 is 0. The highest BCUT2D eigenvalue weighted by Crippen LogP contribution is 2.21. The third-order valence-corrected chi connectivity index (χ3v) is 5.33. The summed E-state index contributed by atoms with van der Waals surface area (Å²) in [5.41, 5.74) is 0.460. The lowest BCUT2D eigenvalue weighted by Gasteiger charge is -2.37. The summed E-state index contributed by atoms with van der Waals surface area (Å²) in [5, 5.41) is 0. The molecule has 7 nitrogen and oxygen atoms in total. The number of amides is 2. The third kappa shape index (κ3) is 7.04. The number of rotatable bonds is 6. The standard InChI is InChI=1S/C23H34N2O5/c1-23(2,3)30-22(28)24(4)19-11-13-25(14-12-19)20(26)16-18(21(27)29-5)15-17-9-7-6-8-10-17/h6-10,18-19H,11-16H2,1-5H3/t18-/m1/s1. The van der Waals surface area contributed by atoms with Crippen LogP contribution in [0.5, 0.6) is 0 Å². The Morgan fingerprint density at radius 2 is 1.73 bits per heavy atom. The summed E-state index contributed by atoms with van der Waals surface area (Å²) in [5.74, 6) is -0.932. The van der Waals surface area contributed by atoms with Crippen LogP contribution in [0.4, 0.5) is 4.79 Å². The number of nitrogens with zero attached hydrogens (tertiary/aromatic N) is 2. The normalized spacial score (nSPS) is 16.0. The van der Waals surface area contributed by atoms with Gasteiger partial charge in [-0.3, -0.25) is 9.59 Å². The monoisotopic (exact) mass is 418 g/mol. The molecule has 1 heterocycles. The van der Waals surface area contributed by atoms with Crippen molar-refractivity contribution in [1.29, 1.82) is 0 Å². The van der Waals surface area contributed by atoms with Gasteiger partial charge in [-0.1, -0.05) is 30.3 Å². The number of hydrogen-bond donors (Lipinski definition) is 0. The summed E-state index contributed by atoms with van der Waals surface area (Å²) in [4.78, 5) is 40.7. The first-order valence-corrected chi connectivity index (χ1v) is 10.5. The van der Waals surface area contributed by atoms with Crippen LogP contribution in [0, 0.1) is 5.92 Å². The van der Waals surface area contributed by atoms with E-state index in [1.54, 1.807) is 16.8 Å². The van der Waals surface area contributed by atoms with Crippen LogP contribution in [-0.2, 0) is 25.5 Å². The fourth-order valence-electron chi connectivity index (χ4n) is 3.63. The van der Waals surface area contributed by atoms with Gasteiger partial charge in [0.25, 0.3) is 0 Å². The number of piperidine rings is 1. The van der Waals surface area contributed by atoms with Gasteiger partial charge in [0, 0.05) is 32.6 Å². The van der Waals surface area contributed by atoms with E-state index in [1.807, 2.05) is 51.1 Å². The summed E-state index contributed by atoms with van der Waals surface area (Å²) in [7, 11) is 3.09. The van der Waals surface area contributed by atoms with Gasteiger partial charge in [0.1, 0.15) is 5.60 Å². The maximum Gasteiger partial charge on any atom is 0.410 e. The van der Waals surface area contributed by atoms with Crippen molar-refractivity contribution in [3.63, 3.8) is 0 Å². The van der Waals surface area contributed by atoms with Gasteiger partial charge in [-0.15, -0.1) is 0 Å². The molecule has 0 bridgehead atoms. The van der Waals surface area contributed by atoms with Crippen molar-refractivity contribution < 1.29 is 23.9 Å². The molecule has 30 heavy (non-hydrogen) atoms. The molecule has 1 atom stereocenters. The van der Waals surface area contributed by atoms with Gasteiger partial charge < -0.3 is 19.3 Å². The van der Waals surface area contributed by atoms with E-state index in [4.69, 9.17) is 9.47 Å². The first-order chi connectivity index (χ1) is 14.1. The van der Waals surface area contributed by atoms with Gasteiger partial charge in [0.2, 0.25) is 5.91 Å². The second-order valence-corrected chi connectivity index (χ2v) is 8.82. The predicted octanol–water partition coefficient (Wildman–Crippen LogP) is 3.27. The van der Waals surface area contributed by atoms with E-state index in [9.17, 15) is 14.4 Å². The smallest absolute Gasteiger partial charge is 0.410 e. The van der Waals surface area contributed by atoms with Gasteiger partial charge in [-0.2, -0.15) is 0 Å². The van der Waals surface area contributed by atoms with E-state index in [2.05, 4.69) is 0 Å². The summed E-state index contributed by atoms with van der Waals surface area (Å²) in [6.07, 6.45) is 1.61. The maximum absolute atomic E-state index is 12.8. The Balaban J connectivity index is 1.90. The number of esters is 1. The molecule has 2 rings (SSSR count). The number of carbonyl (C=O) groups is 3. The van der Waals surface area contributed by atoms with Crippen LogP contribution in [0.15, 0.2) is 30.3 Å². The van der Waals surface area contributed by atoms with Crippen LogP contribution < -0.4 is 0 Å². The zero-order chi connectivity index (χ0) is 22.3. The van der Waals surface area contributed by atoms with Crippen LogP contribution >= 0.6 is 0 Å². The summed E-state index contributed by atoms with van der Waals surface area (Å²) in [6.45, 7) is 6.62. The molecule has 0 saturated carbocycles. The molecule has 166 valence electrons. The molecule has 1 aliphatic rings. The minimum Gasteiger partial charge on any atom is -0.469 e. The van der Waals surface area contributed by atoms with Crippen LogP contribution in [-0.4, -0.2) is 66.7 Å². The minimum absolute atomic E-state index is 0.0321. The Morgan fingerprint density at radius 1 is 1.13 bits per heavy atom. The van der Waals surface area contributed by atoms with Crippen molar-refractivity contribution in [3.8, 4) is 0 Å². The first-order valence-electron chi connectivity index (χ1n) is 10.5. The molecule has 1 aromatic rings. The Hall–Kier alpha value is -2.57. The number of carbonyl (C=O) groups excluding carboxylic acids is 3. The van der Waals surface area contributed by atoms with Gasteiger partial charge in [-0.05, 0) is 45.6 Å². The van der Waals surface area contributed by atoms with Crippen molar-refractivity contribution in [2.24, 2.45) is 5.92 Å². The third-order valence-electron chi connectivity index (χ3n) is 5.33. The maximum atomic E-state index is 12.8. The predicted molar refractivity (Wildman–Crippen MR) is 114 cm³/mol. The topological polar surface area (TPSA) is 76.2 Å². The number of methoxy groups -OCH3 is 1. The molecule has 0 spiro atoms. The summed E-state index contributed by atoms with van der Waals surface area (Å²) in [6, 6.07) is 9.66. The second-order valence-electron chi connectivity index (χ2n) is 8.82.